The summed E-state index contributed by atoms with van der Waals surface area (Å²) in [5.41, 5.74) is 0. The third-order valence-electron chi connectivity index (χ3n) is 8.10. The molecule has 0 aliphatic heterocycles. The van der Waals surface area contributed by atoms with E-state index in [1.807, 2.05) is 0 Å². The smallest absolute Gasteiger partial charge is 0.306 e. The molecular formula is C41H72O5. The third-order valence-corrected chi connectivity index (χ3v) is 8.10. The molecule has 0 fully saturated rings. The zero-order chi connectivity index (χ0) is 33.6. The number of unbranched alkanes of at least 4 members (excludes halogenated alkanes) is 18. The number of hydrogen-bond acceptors (Lipinski definition) is 5. The average Bonchev–Trinajstić information content (AvgIpc) is 3.06. The fourth-order valence-corrected chi connectivity index (χ4v) is 5.14. The lowest BCUT2D eigenvalue weighted by Crippen LogP contribution is -2.28. The highest BCUT2D eigenvalue weighted by molar-refractivity contribution is 5.70. The SMILES string of the molecule is CCCCC/C=C\C/C=C\CCCCCCCCCC(=O)OC[C@H](CO)OC(=O)CCCCCCC/C=C\C/C=C\CCCCC. The van der Waals surface area contributed by atoms with Crippen LogP contribution in [-0.2, 0) is 19.1 Å². The molecule has 5 heteroatoms. The number of aliphatic hydroxyl groups is 1. The van der Waals surface area contributed by atoms with Crippen molar-refractivity contribution in [2.75, 3.05) is 13.2 Å². The Kier molecular flexibility index (Phi) is 35.6. The molecule has 0 radical (unpaired) electrons. The van der Waals surface area contributed by atoms with E-state index in [0.717, 1.165) is 70.6 Å². The normalized spacial score (nSPS) is 12.7. The lowest BCUT2D eigenvalue weighted by atomic mass is 10.1. The first-order valence-electron chi connectivity index (χ1n) is 19.2. The first-order valence-corrected chi connectivity index (χ1v) is 19.2. The van der Waals surface area contributed by atoms with Gasteiger partial charge < -0.3 is 14.6 Å². The minimum Gasteiger partial charge on any atom is -0.462 e. The summed E-state index contributed by atoms with van der Waals surface area (Å²) < 4.78 is 10.6. The zero-order valence-corrected chi connectivity index (χ0v) is 30.1. The van der Waals surface area contributed by atoms with Crippen molar-refractivity contribution in [2.24, 2.45) is 0 Å². The lowest BCUT2D eigenvalue weighted by Gasteiger charge is -2.15. The predicted molar refractivity (Wildman–Crippen MR) is 196 cm³/mol. The Morgan fingerprint density at radius 1 is 0.500 bits per heavy atom. The second-order valence-electron chi connectivity index (χ2n) is 12.6. The molecule has 5 nitrogen and oxygen atoms in total. The van der Waals surface area contributed by atoms with Gasteiger partial charge in [-0.2, -0.15) is 0 Å². The van der Waals surface area contributed by atoms with E-state index in [4.69, 9.17) is 9.47 Å². The molecule has 0 saturated carbocycles. The van der Waals surface area contributed by atoms with Crippen LogP contribution in [0.25, 0.3) is 0 Å². The van der Waals surface area contributed by atoms with Crippen LogP contribution in [-0.4, -0.2) is 36.4 Å². The molecule has 0 aromatic heterocycles. The topological polar surface area (TPSA) is 72.8 Å². The van der Waals surface area contributed by atoms with Crippen LogP contribution in [0.4, 0.5) is 0 Å². The van der Waals surface area contributed by atoms with E-state index in [-0.39, 0.29) is 25.2 Å². The van der Waals surface area contributed by atoms with Gasteiger partial charge in [-0.25, -0.2) is 0 Å². The van der Waals surface area contributed by atoms with Gasteiger partial charge in [0.2, 0.25) is 0 Å². The molecule has 0 amide bonds. The highest BCUT2D eigenvalue weighted by Gasteiger charge is 2.16. The van der Waals surface area contributed by atoms with Gasteiger partial charge in [-0.3, -0.25) is 9.59 Å². The molecule has 0 unspecified atom stereocenters. The second-order valence-corrected chi connectivity index (χ2v) is 12.6. The molecule has 1 N–H and O–H groups in total. The van der Waals surface area contributed by atoms with Crippen molar-refractivity contribution in [2.45, 2.75) is 187 Å². The first kappa shape index (κ1) is 43.9. The summed E-state index contributed by atoms with van der Waals surface area (Å²) >= 11 is 0. The molecule has 0 bridgehead atoms. The zero-order valence-electron chi connectivity index (χ0n) is 30.1. The molecule has 46 heavy (non-hydrogen) atoms. The second kappa shape index (κ2) is 37.3. The largest absolute Gasteiger partial charge is 0.462 e. The summed E-state index contributed by atoms with van der Waals surface area (Å²) in [6, 6.07) is 0. The lowest BCUT2D eigenvalue weighted by molar-refractivity contribution is -0.161. The van der Waals surface area contributed by atoms with E-state index in [0.29, 0.717) is 12.8 Å². The molecule has 0 aromatic carbocycles. The Bertz CT molecular complexity index is 782. The summed E-state index contributed by atoms with van der Waals surface area (Å²) in [5, 5.41) is 9.54. The number of aliphatic hydroxyl groups excluding tert-OH is 1. The average molecular weight is 645 g/mol. The summed E-state index contributed by atoms with van der Waals surface area (Å²) in [6.07, 6.45) is 45.9. The van der Waals surface area contributed by atoms with Crippen LogP contribution in [0.1, 0.15) is 181 Å². The van der Waals surface area contributed by atoms with Gasteiger partial charge in [-0.15, -0.1) is 0 Å². The van der Waals surface area contributed by atoms with Crippen molar-refractivity contribution in [1.82, 2.24) is 0 Å². The number of allylic oxidation sites excluding steroid dienone is 8. The van der Waals surface area contributed by atoms with E-state index >= 15 is 0 Å². The van der Waals surface area contributed by atoms with Crippen LogP contribution in [0, 0.1) is 0 Å². The number of hydrogen-bond donors (Lipinski definition) is 1. The number of carbonyl (C=O) groups is 2. The van der Waals surface area contributed by atoms with Crippen molar-refractivity contribution in [3.8, 4) is 0 Å². The van der Waals surface area contributed by atoms with E-state index in [1.54, 1.807) is 0 Å². The van der Waals surface area contributed by atoms with Gasteiger partial charge in [0.05, 0.1) is 6.61 Å². The van der Waals surface area contributed by atoms with Gasteiger partial charge in [0.15, 0.2) is 6.10 Å². The monoisotopic (exact) mass is 645 g/mol. The van der Waals surface area contributed by atoms with E-state index in [1.165, 1.54) is 83.5 Å². The van der Waals surface area contributed by atoms with E-state index in [9.17, 15) is 14.7 Å². The van der Waals surface area contributed by atoms with Crippen molar-refractivity contribution < 1.29 is 24.2 Å². The number of rotatable bonds is 34. The summed E-state index contributed by atoms with van der Waals surface area (Å²) in [7, 11) is 0. The Balaban J connectivity index is 3.61. The van der Waals surface area contributed by atoms with Gasteiger partial charge in [-0.1, -0.05) is 140 Å². The highest BCUT2D eigenvalue weighted by Crippen LogP contribution is 2.12. The van der Waals surface area contributed by atoms with Crippen LogP contribution in [0.2, 0.25) is 0 Å². The Hall–Kier alpha value is -2.14. The van der Waals surface area contributed by atoms with E-state index in [2.05, 4.69) is 62.5 Å². The fraction of sp³-hybridized carbons (Fsp3) is 0.756. The van der Waals surface area contributed by atoms with Crippen molar-refractivity contribution in [1.29, 1.82) is 0 Å². The number of ether oxygens (including phenoxy) is 2. The Labute approximate surface area is 284 Å². The molecular weight excluding hydrogens is 572 g/mol. The van der Waals surface area contributed by atoms with Gasteiger partial charge >= 0.3 is 11.9 Å². The summed E-state index contributed by atoms with van der Waals surface area (Å²) in [6.45, 7) is 4.06. The van der Waals surface area contributed by atoms with Gasteiger partial charge in [0.1, 0.15) is 6.61 Å². The van der Waals surface area contributed by atoms with Gasteiger partial charge in [-0.05, 0) is 77.0 Å². The highest BCUT2D eigenvalue weighted by atomic mass is 16.6. The molecule has 1 atom stereocenters. The number of esters is 2. The maximum atomic E-state index is 12.1. The molecule has 0 aliphatic carbocycles. The molecule has 0 spiro atoms. The first-order chi connectivity index (χ1) is 22.6. The molecule has 0 aliphatic rings. The Morgan fingerprint density at radius 3 is 1.28 bits per heavy atom. The molecule has 266 valence electrons. The molecule has 0 heterocycles. The van der Waals surface area contributed by atoms with Crippen LogP contribution in [0.5, 0.6) is 0 Å². The van der Waals surface area contributed by atoms with Crippen LogP contribution in [0.3, 0.4) is 0 Å². The van der Waals surface area contributed by atoms with Crippen molar-refractivity contribution >= 4 is 11.9 Å². The van der Waals surface area contributed by atoms with Crippen molar-refractivity contribution in [3.63, 3.8) is 0 Å². The maximum absolute atomic E-state index is 12.1. The third kappa shape index (κ3) is 34.7. The summed E-state index contributed by atoms with van der Waals surface area (Å²) in [4.78, 5) is 24.2. The predicted octanol–water partition coefficient (Wildman–Crippen LogP) is 11.8. The Morgan fingerprint density at radius 2 is 0.870 bits per heavy atom. The fourth-order valence-electron chi connectivity index (χ4n) is 5.14. The minimum absolute atomic E-state index is 0.0765. The van der Waals surface area contributed by atoms with Crippen LogP contribution < -0.4 is 0 Å². The van der Waals surface area contributed by atoms with Crippen molar-refractivity contribution in [3.05, 3.63) is 48.6 Å². The number of carbonyl (C=O) groups excluding carboxylic acids is 2. The molecule has 0 saturated heterocycles. The maximum Gasteiger partial charge on any atom is 0.306 e. The quantitative estimate of drug-likeness (QED) is 0.0429. The van der Waals surface area contributed by atoms with Gasteiger partial charge in [0.25, 0.3) is 0 Å². The molecule has 0 rings (SSSR count). The molecule has 0 aromatic rings. The van der Waals surface area contributed by atoms with Gasteiger partial charge in [0, 0.05) is 12.8 Å². The summed E-state index contributed by atoms with van der Waals surface area (Å²) in [5.74, 6) is -0.618. The standard InChI is InChI=1S/C41H72O5/c1-3-5-7-9-11-13-15-17-19-20-22-23-25-27-29-31-33-35-40(43)45-38-39(37-42)46-41(44)36-34-32-30-28-26-24-21-18-16-14-12-10-8-6-4-2/h11-14,17-19,21,39,42H,3-10,15-16,20,22-38H2,1-2H3/b13-11-,14-12-,19-17-,21-18-/t39-/m0/s1. The van der Waals surface area contributed by atoms with Crippen LogP contribution in [0.15, 0.2) is 48.6 Å². The minimum atomic E-state index is -0.781. The van der Waals surface area contributed by atoms with Crippen LogP contribution >= 0.6 is 0 Å². The van der Waals surface area contributed by atoms with E-state index < -0.39 is 6.10 Å².